The zero-order valence-electron chi connectivity index (χ0n) is 16.1. The summed E-state index contributed by atoms with van der Waals surface area (Å²) in [6.45, 7) is 1.91. The molecule has 0 fully saturated rings. The summed E-state index contributed by atoms with van der Waals surface area (Å²) in [5.74, 6) is 0.0853. The number of aromatic nitrogens is 6. The first-order valence-electron chi connectivity index (χ1n) is 9.34. The highest BCUT2D eigenvalue weighted by atomic mass is 32.2. The van der Waals surface area contributed by atoms with Gasteiger partial charge in [-0.25, -0.2) is 4.68 Å². The van der Waals surface area contributed by atoms with Crippen LogP contribution in [0.3, 0.4) is 0 Å². The molecule has 0 bridgehead atoms. The summed E-state index contributed by atoms with van der Waals surface area (Å²) < 4.78 is 2.97. The average Bonchev–Trinajstić information content (AvgIpc) is 3.39. The number of aromatic amines is 1. The standard InChI is InChI=1S/C20H19N7O2S/c1-2-16(30-20-22-24-25-27(20)15-11-7-4-8-12-15)19(29)21-17-13-18(28)26(23-17)14-9-5-3-6-10-14/h3-13,16,23H,2H2,1H3,(H,21,29). The number of rotatable bonds is 7. The molecule has 1 amide bonds. The van der Waals surface area contributed by atoms with Crippen molar-refractivity contribution in [2.75, 3.05) is 5.32 Å². The maximum absolute atomic E-state index is 12.8. The van der Waals surface area contributed by atoms with Gasteiger partial charge in [0.1, 0.15) is 5.82 Å². The lowest BCUT2D eigenvalue weighted by Gasteiger charge is -2.13. The third-order valence-electron chi connectivity index (χ3n) is 4.35. The Bertz CT molecular complexity index is 1180. The Morgan fingerprint density at radius 1 is 1.10 bits per heavy atom. The Hall–Kier alpha value is -3.66. The number of hydrogen-bond donors (Lipinski definition) is 2. The van der Waals surface area contributed by atoms with Crippen molar-refractivity contribution in [3.8, 4) is 11.4 Å². The van der Waals surface area contributed by atoms with E-state index in [2.05, 4.69) is 25.9 Å². The molecule has 0 saturated carbocycles. The lowest BCUT2D eigenvalue weighted by atomic mass is 10.3. The van der Waals surface area contributed by atoms with Gasteiger partial charge in [0.05, 0.1) is 16.6 Å². The second kappa shape index (κ2) is 8.78. The molecule has 2 aromatic heterocycles. The molecule has 1 atom stereocenters. The van der Waals surface area contributed by atoms with Crippen molar-refractivity contribution >= 4 is 23.5 Å². The highest BCUT2D eigenvalue weighted by molar-refractivity contribution is 8.00. The summed E-state index contributed by atoms with van der Waals surface area (Å²) >= 11 is 1.27. The van der Waals surface area contributed by atoms with E-state index >= 15 is 0 Å². The first kappa shape index (κ1) is 19.6. The molecule has 152 valence electrons. The number of benzene rings is 2. The van der Waals surface area contributed by atoms with Gasteiger partial charge in [0.15, 0.2) is 0 Å². The Kier molecular flexibility index (Phi) is 5.75. The van der Waals surface area contributed by atoms with Gasteiger partial charge in [0.2, 0.25) is 11.1 Å². The number of carbonyl (C=O) groups excluding carboxylic acids is 1. The molecule has 0 radical (unpaired) electrons. The SMILES string of the molecule is CCC(Sc1nnnn1-c1ccccc1)C(=O)Nc1cc(=O)n(-c2ccccc2)[nH]1. The predicted octanol–water partition coefficient (Wildman–Crippen LogP) is 2.65. The molecule has 1 unspecified atom stereocenters. The predicted molar refractivity (Wildman–Crippen MR) is 114 cm³/mol. The fraction of sp³-hybridized carbons (Fsp3) is 0.150. The van der Waals surface area contributed by atoms with Crippen LogP contribution in [-0.4, -0.2) is 41.1 Å². The van der Waals surface area contributed by atoms with E-state index in [-0.39, 0.29) is 11.5 Å². The van der Waals surface area contributed by atoms with Gasteiger partial charge in [-0.3, -0.25) is 14.7 Å². The minimum absolute atomic E-state index is 0.244. The van der Waals surface area contributed by atoms with E-state index in [0.717, 1.165) is 5.69 Å². The van der Waals surface area contributed by atoms with Crippen molar-refractivity contribution in [3.63, 3.8) is 0 Å². The molecule has 10 heteroatoms. The van der Waals surface area contributed by atoms with Crippen molar-refractivity contribution in [3.05, 3.63) is 77.1 Å². The minimum Gasteiger partial charge on any atom is -0.310 e. The van der Waals surface area contributed by atoms with Crippen LogP contribution in [0.25, 0.3) is 11.4 Å². The first-order valence-corrected chi connectivity index (χ1v) is 10.2. The maximum Gasteiger partial charge on any atom is 0.273 e. The van der Waals surface area contributed by atoms with Gasteiger partial charge in [0.25, 0.3) is 5.56 Å². The molecule has 2 aromatic carbocycles. The highest BCUT2D eigenvalue weighted by Crippen LogP contribution is 2.25. The fourth-order valence-corrected chi connectivity index (χ4v) is 3.79. The normalized spacial score (nSPS) is 11.9. The van der Waals surface area contributed by atoms with Gasteiger partial charge in [-0.05, 0) is 41.1 Å². The molecule has 4 rings (SSSR count). The molecule has 4 aromatic rings. The van der Waals surface area contributed by atoms with E-state index in [1.165, 1.54) is 22.5 Å². The summed E-state index contributed by atoms with van der Waals surface area (Å²) in [4.78, 5) is 25.1. The zero-order chi connectivity index (χ0) is 20.9. The number of nitrogens with zero attached hydrogens (tertiary/aromatic N) is 5. The number of nitrogens with one attached hydrogen (secondary N) is 2. The summed E-state index contributed by atoms with van der Waals surface area (Å²) in [6.07, 6.45) is 0.557. The molecule has 2 N–H and O–H groups in total. The van der Waals surface area contributed by atoms with Crippen molar-refractivity contribution in [1.29, 1.82) is 0 Å². The van der Waals surface area contributed by atoms with Gasteiger partial charge in [0, 0.05) is 6.07 Å². The number of para-hydroxylation sites is 2. The van der Waals surface area contributed by atoms with Crippen molar-refractivity contribution < 1.29 is 4.79 Å². The van der Waals surface area contributed by atoms with Crippen LogP contribution < -0.4 is 10.9 Å². The maximum atomic E-state index is 12.8. The number of hydrogen-bond acceptors (Lipinski definition) is 6. The Morgan fingerprint density at radius 2 is 1.77 bits per heavy atom. The van der Waals surface area contributed by atoms with Crippen molar-refractivity contribution in [2.45, 2.75) is 23.8 Å². The largest absolute Gasteiger partial charge is 0.310 e. The third kappa shape index (κ3) is 4.18. The van der Waals surface area contributed by atoms with Gasteiger partial charge in [-0.2, -0.15) is 4.68 Å². The molecule has 0 spiro atoms. The van der Waals surface area contributed by atoms with E-state index in [0.29, 0.717) is 23.1 Å². The van der Waals surface area contributed by atoms with Crippen LogP contribution >= 0.6 is 11.8 Å². The first-order chi connectivity index (χ1) is 14.7. The second-order valence-electron chi connectivity index (χ2n) is 6.39. The van der Waals surface area contributed by atoms with Crippen molar-refractivity contribution in [2.24, 2.45) is 0 Å². The molecule has 9 nitrogen and oxygen atoms in total. The van der Waals surface area contributed by atoms with Gasteiger partial charge in [-0.1, -0.05) is 55.1 Å². The van der Waals surface area contributed by atoms with Crippen LogP contribution in [0, 0.1) is 0 Å². The molecule has 0 aliphatic heterocycles. The summed E-state index contributed by atoms with van der Waals surface area (Å²) in [6, 6.07) is 20.0. The molecule has 0 saturated heterocycles. The van der Waals surface area contributed by atoms with Crippen molar-refractivity contribution in [1.82, 2.24) is 30.0 Å². The topological polar surface area (TPSA) is 110 Å². The van der Waals surface area contributed by atoms with Crippen LogP contribution in [0.5, 0.6) is 0 Å². The van der Waals surface area contributed by atoms with E-state index in [9.17, 15) is 9.59 Å². The van der Waals surface area contributed by atoms with E-state index in [1.807, 2.05) is 55.5 Å². The second-order valence-corrected chi connectivity index (χ2v) is 7.56. The quantitative estimate of drug-likeness (QED) is 0.444. The minimum atomic E-state index is -0.443. The average molecular weight is 421 g/mol. The van der Waals surface area contributed by atoms with Gasteiger partial charge < -0.3 is 5.32 Å². The summed E-state index contributed by atoms with van der Waals surface area (Å²) in [7, 11) is 0. The summed E-state index contributed by atoms with van der Waals surface area (Å²) in [5.41, 5.74) is 1.24. The number of anilines is 1. The van der Waals surface area contributed by atoms with Gasteiger partial charge >= 0.3 is 0 Å². The fourth-order valence-electron chi connectivity index (χ4n) is 2.88. The number of amides is 1. The Balaban J connectivity index is 1.50. The van der Waals surface area contributed by atoms with Crippen LogP contribution in [0.15, 0.2) is 76.7 Å². The molecular weight excluding hydrogens is 402 g/mol. The lowest BCUT2D eigenvalue weighted by Crippen LogP contribution is -2.25. The van der Waals surface area contributed by atoms with Crippen LogP contribution in [0.1, 0.15) is 13.3 Å². The molecule has 30 heavy (non-hydrogen) atoms. The van der Waals surface area contributed by atoms with E-state index < -0.39 is 5.25 Å². The van der Waals surface area contributed by atoms with E-state index in [1.54, 1.807) is 16.8 Å². The summed E-state index contributed by atoms with van der Waals surface area (Å²) in [5, 5.41) is 17.6. The number of carbonyl (C=O) groups is 1. The van der Waals surface area contributed by atoms with Crippen LogP contribution in [-0.2, 0) is 4.79 Å². The Labute approximate surface area is 176 Å². The molecule has 0 aliphatic carbocycles. The lowest BCUT2D eigenvalue weighted by molar-refractivity contribution is -0.115. The number of tetrazole rings is 1. The van der Waals surface area contributed by atoms with E-state index in [4.69, 9.17) is 0 Å². The van der Waals surface area contributed by atoms with Crippen LogP contribution in [0.4, 0.5) is 5.82 Å². The number of H-pyrrole nitrogens is 1. The molecule has 2 heterocycles. The monoisotopic (exact) mass is 421 g/mol. The Morgan fingerprint density at radius 3 is 2.43 bits per heavy atom. The third-order valence-corrected chi connectivity index (χ3v) is 5.64. The van der Waals surface area contributed by atoms with Gasteiger partial charge in [-0.15, -0.1) is 5.10 Å². The highest BCUT2D eigenvalue weighted by Gasteiger charge is 2.23. The number of thioether (sulfide) groups is 1. The molecular formula is C20H19N7O2S. The van der Waals surface area contributed by atoms with Crippen LogP contribution in [0.2, 0.25) is 0 Å². The molecule has 0 aliphatic rings. The zero-order valence-corrected chi connectivity index (χ0v) is 16.9. The smallest absolute Gasteiger partial charge is 0.273 e.